The van der Waals surface area contributed by atoms with Gasteiger partial charge in [0.2, 0.25) is 0 Å². The smallest absolute Gasteiger partial charge is 0.412 e. The Morgan fingerprint density at radius 2 is 1.74 bits per heavy atom. The Morgan fingerprint density at radius 3 is 2.41 bits per heavy atom. The summed E-state index contributed by atoms with van der Waals surface area (Å²) < 4.78 is 13.2. The zero-order chi connectivity index (χ0) is 27.7. The van der Waals surface area contributed by atoms with Crippen LogP contribution in [0.1, 0.15) is 52.5 Å². The van der Waals surface area contributed by atoms with Crippen molar-refractivity contribution in [3.63, 3.8) is 0 Å². The van der Waals surface area contributed by atoms with Crippen LogP contribution in [-0.2, 0) is 4.74 Å². The first-order valence-electron chi connectivity index (χ1n) is 13.9. The number of anilines is 2. The third-order valence-corrected chi connectivity index (χ3v) is 7.83. The van der Waals surface area contributed by atoms with Crippen LogP contribution in [0.3, 0.4) is 0 Å². The first kappa shape index (κ1) is 27.2. The van der Waals surface area contributed by atoms with E-state index in [9.17, 15) is 4.79 Å². The molecular formula is C29H41N7O3. The van der Waals surface area contributed by atoms with Gasteiger partial charge in [-0.2, -0.15) is 5.10 Å². The van der Waals surface area contributed by atoms with E-state index in [1.807, 2.05) is 39.0 Å². The quantitative estimate of drug-likeness (QED) is 0.481. The van der Waals surface area contributed by atoms with Gasteiger partial charge in [0.15, 0.2) is 0 Å². The predicted octanol–water partition coefficient (Wildman–Crippen LogP) is 4.77. The number of nitrogens with zero attached hydrogens (tertiary/aromatic N) is 5. The number of hydrogen-bond donors (Lipinski definition) is 2. The Labute approximate surface area is 230 Å². The lowest BCUT2D eigenvalue weighted by atomic mass is 9.89. The second-order valence-corrected chi connectivity index (χ2v) is 11.7. The number of carbonyl (C=O) groups excluding carboxylic acids is 1. The van der Waals surface area contributed by atoms with Crippen molar-refractivity contribution in [2.75, 3.05) is 51.4 Å². The van der Waals surface area contributed by atoms with Crippen molar-refractivity contribution in [1.82, 2.24) is 24.6 Å². The molecule has 1 aliphatic carbocycles. The number of carbonyl (C=O) groups is 1. The lowest BCUT2D eigenvalue weighted by Crippen LogP contribution is -2.49. The van der Waals surface area contributed by atoms with Crippen LogP contribution in [0.2, 0.25) is 0 Å². The molecule has 2 aliphatic rings. The summed E-state index contributed by atoms with van der Waals surface area (Å²) in [7, 11) is 3.78. The van der Waals surface area contributed by atoms with Gasteiger partial charge in [-0.05, 0) is 71.7 Å². The molecule has 2 aromatic heterocycles. The van der Waals surface area contributed by atoms with Gasteiger partial charge in [0.1, 0.15) is 22.9 Å². The highest BCUT2D eigenvalue weighted by Crippen LogP contribution is 2.39. The maximum absolute atomic E-state index is 12.4. The summed E-state index contributed by atoms with van der Waals surface area (Å²) in [6.07, 6.45) is 5.72. The van der Waals surface area contributed by atoms with Crippen LogP contribution < -0.4 is 15.8 Å². The molecule has 0 atom stereocenters. The Balaban J connectivity index is 1.40. The Hall–Kier alpha value is -3.37. The molecular weight excluding hydrogens is 494 g/mol. The topological polar surface area (TPSA) is 111 Å². The van der Waals surface area contributed by atoms with E-state index in [2.05, 4.69) is 31.8 Å². The second kappa shape index (κ2) is 11.0. The molecule has 1 aliphatic heterocycles. The summed E-state index contributed by atoms with van der Waals surface area (Å²) in [5.41, 5.74) is 8.94. The van der Waals surface area contributed by atoms with Gasteiger partial charge in [0.05, 0.1) is 29.7 Å². The Kier molecular flexibility index (Phi) is 7.68. The molecule has 10 heteroatoms. The van der Waals surface area contributed by atoms with Crippen molar-refractivity contribution in [3.8, 4) is 17.0 Å². The predicted molar refractivity (Wildman–Crippen MR) is 154 cm³/mol. The van der Waals surface area contributed by atoms with Crippen molar-refractivity contribution in [3.05, 3.63) is 30.5 Å². The normalized spacial score (nSPS) is 21.2. The fourth-order valence-electron chi connectivity index (χ4n) is 5.80. The summed E-state index contributed by atoms with van der Waals surface area (Å²) in [6, 6.07) is 8.55. The van der Waals surface area contributed by atoms with Crippen molar-refractivity contribution in [2.45, 2.75) is 64.1 Å². The molecule has 0 radical (unpaired) electrons. The standard InChI is InChI=1S/C29H41N7O3/c1-29(2,3)39-28(37)32-22-11-6-19(18-24(22)38-5)26-25-23(12-13-31-27(25)30)36(33-26)21-9-7-20(8-10-21)35-16-14-34(4)15-17-35/h6,11-13,18,20-21H,7-10,14-17H2,1-5H3,(H2,30,31)(H,32,37). The highest BCUT2D eigenvalue weighted by atomic mass is 16.6. The average molecular weight is 536 g/mol. The molecule has 0 spiro atoms. The lowest BCUT2D eigenvalue weighted by Gasteiger charge is -2.41. The zero-order valence-electron chi connectivity index (χ0n) is 23.7. The van der Waals surface area contributed by atoms with Gasteiger partial charge < -0.3 is 20.1 Å². The molecule has 0 unspecified atom stereocenters. The second-order valence-electron chi connectivity index (χ2n) is 11.7. The number of nitrogens with two attached hydrogens (primary N) is 1. The van der Waals surface area contributed by atoms with Crippen LogP contribution in [0.5, 0.6) is 5.75 Å². The lowest BCUT2D eigenvalue weighted by molar-refractivity contribution is 0.0635. The molecule has 3 aromatic rings. The number of benzene rings is 1. The van der Waals surface area contributed by atoms with Crippen LogP contribution in [-0.4, -0.2) is 82.6 Å². The van der Waals surface area contributed by atoms with Gasteiger partial charge in [-0.1, -0.05) is 6.07 Å². The highest BCUT2D eigenvalue weighted by Gasteiger charge is 2.30. The highest BCUT2D eigenvalue weighted by molar-refractivity contribution is 6.00. The molecule has 3 heterocycles. The number of nitrogens with one attached hydrogen (secondary N) is 1. The number of amides is 1. The fraction of sp³-hybridized carbons (Fsp3) is 0.552. The van der Waals surface area contributed by atoms with Gasteiger partial charge in [0.25, 0.3) is 0 Å². The van der Waals surface area contributed by atoms with Crippen LogP contribution in [0.15, 0.2) is 30.5 Å². The van der Waals surface area contributed by atoms with Crippen LogP contribution >= 0.6 is 0 Å². The summed E-state index contributed by atoms with van der Waals surface area (Å²) in [4.78, 5) is 21.8. The van der Waals surface area contributed by atoms with Gasteiger partial charge in [-0.3, -0.25) is 14.9 Å². The SMILES string of the molecule is COc1cc(-c2nn(C3CCC(N4CCN(C)CC4)CC3)c3ccnc(N)c23)ccc1NC(=O)OC(C)(C)C. The van der Waals surface area contributed by atoms with Crippen LogP contribution in [0, 0.1) is 0 Å². The van der Waals surface area contributed by atoms with Gasteiger partial charge in [-0.25, -0.2) is 9.78 Å². The first-order chi connectivity index (χ1) is 18.6. The maximum Gasteiger partial charge on any atom is 0.412 e. The maximum atomic E-state index is 12.4. The summed E-state index contributed by atoms with van der Waals surface area (Å²) >= 11 is 0. The van der Waals surface area contributed by atoms with E-state index in [-0.39, 0.29) is 0 Å². The van der Waals surface area contributed by atoms with Crippen LogP contribution in [0.4, 0.5) is 16.3 Å². The molecule has 210 valence electrons. The number of piperazine rings is 1. The summed E-state index contributed by atoms with van der Waals surface area (Å²) in [6.45, 7) is 10.1. The minimum atomic E-state index is -0.600. The Bertz CT molecular complexity index is 1320. The fourth-order valence-corrected chi connectivity index (χ4v) is 5.80. The minimum Gasteiger partial charge on any atom is -0.495 e. The first-order valence-corrected chi connectivity index (χ1v) is 13.9. The van der Waals surface area contributed by atoms with E-state index in [0.29, 0.717) is 29.3 Å². The number of hydrogen-bond acceptors (Lipinski definition) is 8. The van der Waals surface area contributed by atoms with Crippen molar-refractivity contribution < 1.29 is 14.3 Å². The van der Waals surface area contributed by atoms with Crippen molar-refractivity contribution in [2.24, 2.45) is 0 Å². The largest absolute Gasteiger partial charge is 0.495 e. The van der Waals surface area contributed by atoms with Gasteiger partial charge >= 0.3 is 6.09 Å². The number of likely N-dealkylation sites (N-methyl/N-ethyl adjacent to an activating group) is 1. The molecule has 0 bridgehead atoms. The average Bonchev–Trinajstić information content (AvgIpc) is 3.29. The Morgan fingerprint density at radius 1 is 1.05 bits per heavy atom. The molecule has 1 saturated carbocycles. The van der Waals surface area contributed by atoms with E-state index in [0.717, 1.165) is 61.2 Å². The van der Waals surface area contributed by atoms with Crippen LogP contribution in [0.25, 0.3) is 22.2 Å². The molecule has 3 N–H and O–H groups in total. The van der Waals surface area contributed by atoms with E-state index in [1.165, 1.54) is 12.8 Å². The molecule has 1 amide bonds. The molecule has 10 nitrogen and oxygen atoms in total. The summed E-state index contributed by atoms with van der Waals surface area (Å²) in [5, 5.41) is 8.74. The van der Waals surface area contributed by atoms with Gasteiger partial charge in [0, 0.05) is 44.0 Å². The molecule has 1 saturated heterocycles. The van der Waals surface area contributed by atoms with Crippen molar-refractivity contribution in [1.29, 1.82) is 0 Å². The number of methoxy groups -OCH3 is 1. The third kappa shape index (κ3) is 5.96. The van der Waals surface area contributed by atoms with E-state index >= 15 is 0 Å². The third-order valence-electron chi connectivity index (χ3n) is 7.83. The van der Waals surface area contributed by atoms with Gasteiger partial charge in [-0.15, -0.1) is 0 Å². The van der Waals surface area contributed by atoms with E-state index < -0.39 is 11.7 Å². The van der Waals surface area contributed by atoms with E-state index in [1.54, 1.807) is 19.4 Å². The molecule has 1 aromatic carbocycles. The number of ether oxygens (including phenoxy) is 2. The number of aromatic nitrogens is 3. The number of fused-ring (bicyclic) bond motifs is 1. The minimum absolute atomic E-state index is 0.307. The number of pyridine rings is 1. The molecule has 2 fully saturated rings. The zero-order valence-corrected chi connectivity index (χ0v) is 23.7. The number of nitrogen functional groups attached to an aromatic ring is 1. The monoisotopic (exact) mass is 535 g/mol. The summed E-state index contributed by atoms with van der Waals surface area (Å²) in [5.74, 6) is 0.964. The number of rotatable bonds is 5. The van der Waals surface area contributed by atoms with E-state index in [4.69, 9.17) is 20.3 Å². The molecule has 39 heavy (non-hydrogen) atoms. The molecule has 5 rings (SSSR count). The van der Waals surface area contributed by atoms with Crippen molar-refractivity contribution >= 4 is 28.5 Å².